The average Bonchev–Trinajstić information content (AvgIpc) is 3.56. The molecule has 0 bridgehead atoms. The van der Waals surface area contributed by atoms with Gasteiger partial charge in [-0.15, -0.1) is 23.1 Å². The number of nitrogens with two attached hydrogens (primary N) is 1. The summed E-state index contributed by atoms with van der Waals surface area (Å²) >= 11 is 4.86. The molecule has 0 spiro atoms. The fraction of sp³-hybridized carbons (Fsp3) is 0.273. The maximum absolute atomic E-state index is 13.1. The number of hydrogen-bond donors (Lipinski definition) is 3. The molecular formula is C22H21N8O5S4+. The number of carbonyl (C=O) groups excluding carboxylic acids is 2. The highest BCUT2D eigenvalue weighted by Gasteiger charge is 2.54. The molecule has 0 radical (unpaired) electrons. The number of aliphatic carboxylic acids is 1. The summed E-state index contributed by atoms with van der Waals surface area (Å²) < 4.78 is 6.57. The number of amides is 2. The minimum atomic E-state index is -1.23. The van der Waals surface area contributed by atoms with Gasteiger partial charge in [-0.25, -0.2) is 14.3 Å². The molecule has 39 heavy (non-hydrogen) atoms. The van der Waals surface area contributed by atoms with E-state index in [-0.39, 0.29) is 29.0 Å². The summed E-state index contributed by atoms with van der Waals surface area (Å²) in [6, 6.07) is 2.94. The van der Waals surface area contributed by atoms with Gasteiger partial charge in [0, 0.05) is 45.3 Å². The third kappa shape index (κ3) is 5.47. The van der Waals surface area contributed by atoms with Crippen LogP contribution >= 0.6 is 46.4 Å². The van der Waals surface area contributed by atoms with E-state index in [4.69, 9.17) is 10.6 Å². The number of carboxylic acids is 1. The van der Waals surface area contributed by atoms with Crippen LogP contribution in [0.25, 0.3) is 11.3 Å². The number of aryl methyl sites for hydroxylation is 1. The summed E-state index contributed by atoms with van der Waals surface area (Å²) in [5, 5.41) is 17.8. The molecule has 0 unspecified atom stereocenters. The van der Waals surface area contributed by atoms with Crippen LogP contribution in [-0.2, 0) is 26.3 Å². The Morgan fingerprint density at radius 2 is 2.13 bits per heavy atom. The summed E-state index contributed by atoms with van der Waals surface area (Å²) in [6.45, 7) is 1.89. The molecule has 5 rings (SSSR count). The number of nitrogen functional groups attached to an aromatic ring is 1. The predicted molar refractivity (Wildman–Crippen MR) is 147 cm³/mol. The Kier molecular flexibility index (Phi) is 7.83. The molecule has 0 aliphatic carbocycles. The second kappa shape index (κ2) is 11.3. The Bertz CT molecular complexity index is 1500. The van der Waals surface area contributed by atoms with E-state index in [1.54, 1.807) is 6.92 Å². The number of carboxylic acid groups (broad SMARTS) is 1. The van der Waals surface area contributed by atoms with Gasteiger partial charge in [0.1, 0.15) is 30.8 Å². The number of aromatic nitrogens is 4. The predicted octanol–water partition coefficient (Wildman–Crippen LogP) is 1.30. The number of thiazole rings is 1. The fourth-order valence-electron chi connectivity index (χ4n) is 3.74. The first kappa shape index (κ1) is 27.0. The number of hydrogen-bond acceptors (Lipinski definition) is 13. The number of rotatable bonds is 9. The summed E-state index contributed by atoms with van der Waals surface area (Å²) in [6.07, 6.45) is 3.84. The number of oxime groups is 1. The van der Waals surface area contributed by atoms with Crippen LogP contribution in [0.2, 0.25) is 0 Å². The lowest BCUT2D eigenvalue weighted by Crippen LogP contribution is -2.71. The first-order chi connectivity index (χ1) is 18.8. The molecule has 0 saturated carbocycles. The molecule has 3 aromatic rings. The quantitative estimate of drug-likeness (QED) is 0.139. The van der Waals surface area contributed by atoms with E-state index in [1.807, 2.05) is 41.5 Å². The van der Waals surface area contributed by atoms with E-state index in [0.717, 1.165) is 22.8 Å². The van der Waals surface area contributed by atoms with Crippen molar-refractivity contribution >= 4 is 75.0 Å². The number of nitrogens with one attached hydrogen (secondary N) is 1. The van der Waals surface area contributed by atoms with Gasteiger partial charge in [0.2, 0.25) is 11.5 Å². The van der Waals surface area contributed by atoms with Gasteiger partial charge in [-0.2, -0.15) is 9.36 Å². The maximum atomic E-state index is 13.1. The maximum Gasteiger partial charge on any atom is 0.353 e. The highest BCUT2D eigenvalue weighted by atomic mass is 32.2. The molecular weight excluding hydrogens is 585 g/mol. The van der Waals surface area contributed by atoms with Crippen molar-refractivity contribution in [1.29, 1.82) is 0 Å². The summed E-state index contributed by atoms with van der Waals surface area (Å²) in [7, 11) is 1.93. The Labute approximate surface area is 238 Å². The van der Waals surface area contributed by atoms with Crippen LogP contribution < -0.4 is 15.6 Å². The first-order valence-corrected chi connectivity index (χ1v) is 14.9. The number of anilines is 1. The topological polar surface area (TPSA) is 177 Å². The van der Waals surface area contributed by atoms with Crippen molar-refractivity contribution in [2.45, 2.75) is 22.7 Å². The van der Waals surface area contributed by atoms with Crippen LogP contribution in [0.15, 0.2) is 50.0 Å². The summed E-state index contributed by atoms with van der Waals surface area (Å²) in [4.78, 5) is 53.7. The molecule has 2 aliphatic heterocycles. The Morgan fingerprint density at radius 1 is 1.36 bits per heavy atom. The summed E-state index contributed by atoms with van der Waals surface area (Å²) in [5.41, 5.74) is 7.02. The van der Waals surface area contributed by atoms with Crippen LogP contribution in [0.1, 0.15) is 12.7 Å². The third-order valence-corrected chi connectivity index (χ3v) is 9.57. The number of β-lactam (4-membered cyclic amide) rings is 1. The van der Waals surface area contributed by atoms with Crippen molar-refractivity contribution in [1.82, 2.24) is 24.6 Å². The van der Waals surface area contributed by atoms with E-state index in [9.17, 15) is 19.5 Å². The monoisotopic (exact) mass is 605 g/mol. The van der Waals surface area contributed by atoms with Gasteiger partial charge in [0.25, 0.3) is 11.8 Å². The van der Waals surface area contributed by atoms with Crippen molar-refractivity contribution < 1.29 is 28.9 Å². The molecule has 1 saturated heterocycles. The minimum Gasteiger partial charge on any atom is -0.477 e. The lowest BCUT2D eigenvalue weighted by molar-refractivity contribution is -0.671. The van der Waals surface area contributed by atoms with Crippen LogP contribution in [0, 0.1) is 0 Å². The van der Waals surface area contributed by atoms with Crippen molar-refractivity contribution in [2.24, 2.45) is 12.2 Å². The SMILES string of the molecule is CCO/N=C(/C(=O)N[C@@H]1C(=O)N2C(C(=O)O)=C(Sc3nc(-c4cc[n+](C)cc4)cs3)CS[C@H]12)c1nsc(N)n1. The zero-order valence-corrected chi connectivity index (χ0v) is 23.7. The van der Waals surface area contributed by atoms with E-state index in [1.165, 1.54) is 39.8 Å². The molecule has 0 aromatic carbocycles. The molecule has 202 valence electrons. The third-order valence-electron chi connectivity index (χ3n) is 5.54. The number of thioether (sulfide) groups is 2. The largest absolute Gasteiger partial charge is 0.477 e. The van der Waals surface area contributed by atoms with Gasteiger partial charge in [-0.1, -0.05) is 16.9 Å². The highest BCUT2D eigenvalue weighted by molar-refractivity contribution is 8.07. The zero-order valence-electron chi connectivity index (χ0n) is 20.4. The molecule has 3 aromatic heterocycles. The molecule has 4 N–H and O–H groups in total. The molecule has 17 heteroatoms. The molecule has 5 heterocycles. The van der Waals surface area contributed by atoms with Gasteiger partial charge in [0.15, 0.2) is 21.9 Å². The van der Waals surface area contributed by atoms with Crippen molar-refractivity contribution in [3.05, 3.63) is 46.3 Å². The lowest BCUT2D eigenvalue weighted by atomic mass is 10.0. The Balaban J connectivity index is 1.32. The van der Waals surface area contributed by atoms with Crippen molar-refractivity contribution in [2.75, 3.05) is 18.1 Å². The summed E-state index contributed by atoms with van der Waals surface area (Å²) in [5.74, 6) is -2.21. The van der Waals surface area contributed by atoms with Crippen LogP contribution in [-0.4, -0.2) is 71.6 Å². The van der Waals surface area contributed by atoms with Gasteiger partial charge in [-0.3, -0.25) is 14.5 Å². The molecule has 2 amide bonds. The first-order valence-electron chi connectivity index (χ1n) is 11.4. The smallest absolute Gasteiger partial charge is 0.353 e. The normalized spacial score (nSPS) is 19.0. The van der Waals surface area contributed by atoms with Gasteiger partial charge < -0.3 is 21.0 Å². The number of pyridine rings is 1. The second-order valence-corrected chi connectivity index (χ2v) is 12.2. The van der Waals surface area contributed by atoms with Crippen molar-refractivity contribution in [3.8, 4) is 11.3 Å². The van der Waals surface area contributed by atoms with Gasteiger partial charge in [-0.05, 0) is 6.92 Å². The molecule has 13 nitrogen and oxygen atoms in total. The van der Waals surface area contributed by atoms with Crippen LogP contribution in [0.4, 0.5) is 5.13 Å². The lowest BCUT2D eigenvalue weighted by Gasteiger charge is -2.49. The van der Waals surface area contributed by atoms with Gasteiger partial charge in [0.05, 0.1) is 5.69 Å². The Morgan fingerprint density at radius 3 is 2.79 bits per heavy atom. The minimum absolute atomic E-state index is 0.0274. The van der Waals surface area contributed by atoms with E-state index >= 15 is 0 Å². The Hall–Kier alpha value is -3.54. The number of carbonyl (C=O) groups is 3. The van der Waals surface area contributed by atoms with Crippen LogP contribution in [0.3, 0.4) is 0 Å². The molecule has 1 fully saturated rings. The average molecular weight is 606 g/mol. The standard InChI is InChI=1S/C22H20N8O5S4/c1-3-35-27-13(16-26-21(23)39-28-16)17(31)25-14-18(32)30-15(20(33)34)12(9-36-19(14)30)38-22-24-11(8-37-22)10-4-6-29(2)7-5-10/h4-8,14,19H,3,9H2,1-2H3,(H3-,23,25,26,28,31,33,34)/p+1/b27-13+/t14-,19-/m1/s1. The second-order valence-electron chi connectivity index (χ2n) is 8.10. The highest BCUT2D eigenvalue weighted by Crippen LogP contribution is 2.46. The van der Waals surface area contributed by atoms with E-state index < -0.39 is 29.2 Å². The fourth-order valence-corrected chi connectivity index (χ4v) is 7.63. The van der Waals surface area contributed by atoms with E-state index in [0.29, 0.717) is 15.0 Å². The van der Waals surface area contributed by atoms with E-state index in [2.05, 4.69) is 24.8 Å². The number of nitrogens with zero attached hydrogens (tertiary/aromatic N) is 6. The van der Waals surface area contributed by atoms with Gasteiger partial charge >= 0.3 is 5.97 Å². The van der Waals surface area contributed by atoms with Crippen molar-refractivity contribution in [3.63, 3.8) is 0 Å². The van der Waals surface area contributed by atoms with Crippen LogP contribution in [0.5, 0.6) is 0 Å². The molecule has 2 atom stereocenters. The molecule has 2 aliphatic rings. The number of fused-ring (bicyclic) bond motifs is 1. The zero-order chi connectivity index (χ0) is 27.7.